The zero-order valence-corrected chi connectivity index (χ0v) is 19.0. The van der Waals surface area contributed by atoms with Gasteiger partial charge in [0.1, 0.15) is 17.8 Å². The van der Waals surface area contributed by atoms with E-state index >= 15 is 0 Å². The van der Waals surface area contributed by atoms with Crippen molar-refractivity contribution < 1.29 is 14.3 Å². The van der Waals surface area contributed by atoms with E-state index in [9.17, 15) is 4.79 Å². The Kier molecular flexibility index (Phi) is 6.35. The molecule has 0 saturated carbocycles. The summed E-state index contributed by atoms with van der Waals surface area (Å²) in [4.78, 5) is 20.7. The molecule has 0 atom stereocenters. The van der Waals surface area contributed by atoms with Crippen LogP contribution >= 0.6 is 0 Å². The van der Waals surface area contributed by atoms with Crippen LogP contribution in [0, 0.1) is 27.7 Å². The third-order valence-corrected chi connectivity index (χ3v) is 5.22. The Balaban J connectivity index is 1.37. The van der Waals surface area contributed by atoms with Gasteiger partial charge in [-0.15, -0.1) is 0 Å². The minimum Gasteiger partial charge on any atom is -0.484 e. The fraction of sp³-hybridized carbons (Fsp3) is 0.200. The minimum absolute atomic E-state index is 0.0722. The summed E-state index contributed by atoms with van der Waals surface area (Å²) in [5.74, 6) is 2.03. The van der Waals surface area contributed by atoms with E-state index in [1.165, 1.54) is 6.33 Å². The van der Waals surface area contributed by atoms with Gasteiger partial charge in [0.25, 0.3) is 5.91 Å². The van der Waals surface area contributed by atoms with Crippen LogP contribution in [0.15, 0.2) is 60.9 Å². The Morgan fingerprint density at radius 2 is 1.76 bits per heavy atom. The number of amides is 1. The Labute approximate surface area is 192 Å². The summed E-state index contributed by atoms with van der Waals surface area (Å²) >= 11 is 0. The average Bonchev–Trinajstić information content (AvgIpc) is 3.07. The number of ether oxygens (including phenoxy) is 2. The highest BCUT2D eigenvalue weighted by atomic mass is 16.5. The highest BCUT2D eigenvalue weighted by Crippen LogP contribution is 2.23. The van der Waals surface area contributed by atoms with Gasteiger partial charge >= 0.3 is 0 Å². The van der Waals surface area contributed by atoms with Crippen LogP contribution in [0.25, 0.3) is 5.82 Å². The van der Waals surface area contributed by atoms with Gasteiger partial charge in [-0.25, -0.2) is 14.6 Å². The fourth-order valence-electron chi connectivity index (χ4n) is 3.22. The molecule has 0 radical (unpaired) electrons. The predicted octanol–water partition coefficient (Wildman–Crippen LogP) is 4.71. The van der Waals surface area contributed by atoms with E-state index in [0.29, 0.717) is 28.9 Å². The number of aromatic nitrogens is 4. The van der Waals surface area contributed by atoms with Crippen molar-refractivity contribution in [3.05, 3.63) is 83.4 Å². The first-order valence-corrected chi connectivity index (χ1v) is 10.5. The third-order valence-electron chi connectivity index (χ3n) is 5.22. The molecule has 1 amide bonds. The van der Waals surface area contributed by atoms with Gasteiger partial charge in [-0.2, -0.15) is 5.10 Å². The first-order chi connectivity index (χ1) is 15.9. The molecule has 0 aliphatic heterocycles. The van der Waals surface area contributed by atoms with E-state index in [1.807, 2.05) is 52.0 Å². The van der Waals surface area contributed by atoms with Gasteiger partial charge in [0, 0.05) is 17.4 Å². The number of nitrogens with one attached hydrogen (secondary N) is 1. The lowest BCUT2D eigenvalue weighted by Crippen LogP contribution is -2.20. The Morgan fingerprint density at radius 3 is 2.45 bits per heavy atom. The molecule has 0 unspecified atom stereocenters. The average molecular weight is 444 g/mol. The minimum atomic E-state index is -0.245. The summed E-state index contributed by atoms with van der Waals surface area (Å²) in [5.41, 5.74) is 4.81. The highest BCUT2D eigenvalue weighted by molar-refractivity contribution is 5.91. The molecule has 8 nitrogen and oxygen atoms in total. The van der Waals surface area contributed by atoms with Crippen LogP contribution in [0.5, 0.6) is 17.4 Å². The number of carbonyl (C=O) groups excluding carboxylic acids is 1. The fourth-order valence-corrected chi connectivity index (χ4v) is 3.22. The van der Waals surface area contributed by atoms with Crippen molar-refractivity contribution in [1.82, 2.24) is 19.7 Å². The predicted molar refractivity (Wildman–Crippen MR) is 125 cm³/mol. The van der Waals surface area contributed by atoms with Gasteiger partial charge < -0.3 is 14.8 Å². The molecule has 0 aliphatic carbocycles. The van der Waals surface area contributed by atoms with Crippen molar-refractivity contribution in [2.45, 2.75) is 27.7 Å². The molecule has 33 heavy (non-hydrogen) atoms. The standard InChI is InChI=1S/C25H25N5O3/c1-16-6-5-7-22(12-16)32-14-24(31)28-20-8-10-21(11-9-20)33-25-13-23(26-15-27-25)30-19(4)17(2)18(3)29-30/h5-13,15H,14H2,1-4H3,(H,28,31). The van der Waals surface area contributed by atoms with E-state index in [-0.39, 0.29) is 12.5 Å². The van der Waals surface area contributed by atoms with Gasteiger partial charge in [-0.3, -0.25) is 4.79 Å². The van der Waals surface area contributed by atoms with Crippen molar-refractivity contribution in [1.29, 1.82) is 0 Å². The molecule has 0 saturated heterocycles. The summed E-state index contributed by atoms with van der Waals surface area (Å²) in [6.45, 7) is 7.89. The summed E-state index contributed by atoms with van der Waals surface area (Å²) in [6.07, 6.45) is 1.44. The maximum atomic E-state index is 12.2. The lowest BCUT2D eigenvalue weighted by Gasteiger charge is -2.10. The third kappa shape index (κ3) is 5.35. The number of carbonyl (C=O) groups is 1. The summed E-state index contributed by atoms with van der Waals surface area (Å²) in [6, 6.07) is 16.3. The SMILES string of the molecule is Cc1cccc(OCC(=O)Nc2ccc(Oc3cc(-n4nc(C)c(C)c4C)ncn3)cc2)c1. The number of aryl methyl sites for hydroxylation is 2. The zero-order valence-electron chi connectivity index (χ0n) is 19.0. The monoisotopic (exact) mass is 443 g/mol. The largest absolute Gasteiger partial charge is 0.484 e. The summed E-state index contributed by atoms with van der Waals surface area (Å²) < 4.78 is 13.2. The molecule has 168 valence electrons. The molecule has 1 N–H and O–H groups in total. The van der Waals surface area contributed by atoms with Crippen LogP contribution in [-0.2, 0) is 4.79 Å². The summed E-state index contributed by atoms with van der Waals surface area (Å²) in [7, 11) is 0. The van der Waals surface area contributed by atoms with Gasteiger partial charge in [-0.05, 0) is 75.2 Å². The van der Waals surface area contributed by atoms with Crippen molar-refractivity contribution in [3.8, 4) is 23.2 Å². The first-order valence-electron chi connectivity index (χ1n) is 10.5. The quantitative estimate of drug-likeness (QED) is 0.445. The molecular weight excluding hydrogens is 418 g/mol. The van der Waals surface area contributed by atoms with Gasteiger partial charge in [0.2, 0.25) is 5.88 Å². The number of hydrogen-bond acceptors (Lipinski definition) is 6. The number of anilines is 1. The molecule has 2 heterocycles. The van der Waals surface area contributed by atoms with Crippen LogP contribution in [0.1, 0.15) is 22.5 Å². The van der Waals surface area contributed by atoms with E-state index < -0.39 is 0 Å². The second kappa shape index (κ2) is 9.52. The Morgan fingerprint density at radius 1 is 0.970 bits per heavy atom. The van der Waals surface area contributed by atoms with Crippen molar-refractivity contribution >= 4 is 11.6 Å². The molecule has 2 aromatic heterocycles. The molecule has 4 aromatic rings. The maximum absolute atomic E-state index is 12.2. The Hall–Kier alpha value is -4.20. The number of rotatable bonds is 7. The van der Waals surface area contributed by atoms with Crippen molar-refractivity contribution in [2.24, 2.45) is 0 Å². The number of nitrogens with zero attached hydrogens (tertiary/aromatic N) is 4. The van der Waals surface area contributed by atoms with Crippen LogP contribution < -0.4 is 14.8 Å². The molecule has 4 rings (SSSR count). The molecule has 0 fully saturated rings. The number of benzene rings is 2. The summed E-state index contributed by atoms with van der Waals surface area (Å²) in [5, 5.41) is 7.33. The van der Waals surface area contributed by atoms with Crippen LogP contribution in [0.4, 0.5) is 5.69 Å². The normalized spacial score (nSPS) is 10.7. The smallest absolute Gasteiger partial charge is 0.262 e. The number of hydrogen-bond donors (Lipinski definition) is 1. The topological polar surface area (TPSA) is 91.2 Å². The van der Waals surface area contributed by atoms with Crippen molar-refractivity contribution in [2.75, 3.05) is 11.9 Å². The van der Waals surface area contributed by atoms with Crippen LogP contribution in [-0.4, -0.2) is 32.3 Å². The first kappa shape index (κ1) is 22.0. The lowest BCUT2D eigenvalue weighted by molar-refractivity contribution is -0.118. The Bertz CT molecular complexity index is 1280. The second-order valence-electron chi connectivity index (χ2n) is 7.70. The molecule has 2 aromatic carbocycles. The molecule has 0 spiro atoms. The van der Waals surface area contributed by atoms with Crippen molar-refractivity contribution in [3.63, 3.8) is 0 Å². The maximum Gasteiger partial charge on any atom is 0.262 e. The molecule has 0 aliphatic rings. The van der Waals surface area contributed by atoms with E-state index in [4.69, 9.17) is 9.47 Å². The van der Waals surface area contributed by atoms with Gasteiger partial charge in [0.15, 0.2) is 12.4 Å². The van der Waals surface area contributed by atoms with Gasteiger partial charge in [0.05, 0.1) is 5.69 Å². The highest BCUT2D eigenvalue weighted by Gasteiger charge is 2.12. The lowest BCUT2D eigenvalue weighted by atomic mass is 10.2. The molecule has 8 heteroatoms. The van der Waals surface area contributed by atoms with E-state index in [0.717, 1.165) is 22.5 Å². The van der Waals surface area contributed by atoms with Crippen LogP contribution in [0.3, 0.4) is 0 Å². The molecular formula is C25H25N5O3. The van der Waals surface area contributed by atoms with E-state index in [2.05, 4.69) is 20.4 Å². The van der Waals surface area contributed by atoms with E-state index in [1.54, 1.807) is 35.0 Å². The van der Waals surface area contributed by atoms with Gasteiger partial charge in [-0.1, -0.05) is 12.1 Å². The zero-order chi connectivity index (χ0) is 23.4. The second-order valence-corrected chi connectivity index (χ2v) is 7.70. The molecule has 0 bridgehead atoms. The van der Waals surface area contributed by atoms with Crippen LogP contribution in [0.2, 0.25) is 0 Å².